The SMILES string of the molecule is Clc1cccc(C2CCCN(c3nc4ncccc4s3)C2)n1. The molecule has 0 bridgehead atoms. The first-order valence-electron chi connectivity index (χ1n) is 7.38. The predicted octanol–water partition coefficient (Wildman–Crippen LogP) is 4.12. The number of pyridine rings is 2. The van der Waals surface area contributed by atoms with Crippen LogP contribution in [0, 0.1) is 0 Å². The van der Waals surface area contributed by atoms with Crippen LogP contribution in [0.3, 0.4) is 0 Å². The van der Waals surface area contributed by atoms with E-state index in [4.69, 9.17) is 11.6 Å². The van der Waals surface area contributed by atoms with Gasteiger partial charge in [0.25, 0.3) is 0 Å². The molecule has 1 fully saturated rings. The second-order valence-corrected chi connectivity index (χ2v) is 6.89. The minimum Gasteiger partial charge on any atom is -0.347 e. The molecule has 4 rings (SSSR count). The topological polar surface area (TPSA) is 41.9 Å². The number of nitrogens with zero attached hydrogens (tertiary/aromatic N) is 4. The van der Waals surface area contributed by atoms with E-state index < -0.39 is 0 Å². The van der Waals surface area contributed by atoms with Crippen LogP contribution >= 0.6 is 22.9 Å². The molecule has 1 unspecified atom stereocenters. The quantitative estimate of drug-likeness (QED) is 0.663. The first-order valence-corrected chi connectivity index (χ1v) is 8.58. The molecular weight excluding hydrogens is 316 g/mol. The highest BCUT2D eigenvalue weighted by Gasteiger charge is 2.24. The van der Waals surface area contributed by atoms with Gasteiger partial charge in [0.15, 0.2) is 10.8 Å². The van der Waals surface area contributed by atoms with Gasteiger partial charge in [-0.15, -0.1) is 0 Å². The van der Waals surface area contributed by atoms with Gasteiger partial charge in [0.1, 0.15) is 5.15 Å². The first-order chi connectivity index (χ1) is 10.8. The number of hydrogen-bond acceptors (Lipinski definition) is 5. The molecule has 1 aliphatic rings. The largest absolute Gasteiger partial charge is 0.347 e. The zero-order valence-corrected chi connectivity index (χ0v) is 13.5. The normalized spacial score (nSPS) is 18.8. The number of fused-ring (bicyclic) bond motifs is 1. The second-order valence-electron chi connectivity index (χ2n) is 5.49. The first kappa shape index (κ1) is 13.9. The lowest BCUT2D eigenvalue weighted by Gasteiger charge is -2.32. The van der Waals surface area contributed by atoms with Crippen molar-refractivity contribution in [2.24, 2.45) is 0 Å². The molecule has 0 aliphatic carbocycles. The monoisotopic (exact) mass is 330 g/mol. The molecule has 6 heteroatoms. The Morgan fingerprint density at radius 2 is 2.14 bits per heavy atom. The summed E-state index contributed by atoms with van der Waals surface area (Å²) in [6.07, 6.45) is 4.08. The van der Waals surface area contributed by atoms with Crippen molar-refractivity contribution in [2.75, 3.05) is 18.0 Å². The fourth-order valence-electron chi connectivity index (χ4n) is 2.94. The molecule has 0 spiro atoms. The minimum absolute atomic E-state index is 0.410. The average molecular weight is 331 g/mol. The van der Waals surface area contributed by atoms with Crippen LogP contribution in [0.4, 0.5) is 5.13 Å². The summed E-state index contributed by atoms with van der Waals surface area (Å²) in [7, 11) is 0. The molecule has 3 aromatic heterocycles. The standard InChI is InChI=1S/C16H15ClN4S/c17-14-7-1-5-12(19-14)11-4-3-9-21(10-11)16-20-15-13(22-16)6-2-8-18-15/h1-2,5-8,11H,3-4,9-10H2. The summed E-state index contributed by atoms with van der Waals surface area (Å²) >= 11 is 7.74. The van der Waals surface area contributed by atoms with Gasteiger partial charge in [-0.1, -0.05) is 29.0 Å². The van der Waals surface area contributed by atoms with Crippen LogP contribution in [0.5, 0.6) is 0 Å². The molecule has 1 atom stereocenters. The van der Waals surface area contributed by atoms with Crippen molar-refractivity contribution in [3.8, 4) is 0 Å². The van der Waals surface area contributed by atoms with Crippen LogP contribution in [0.15, 0.2) is 36.5 Å². The highest BCUT2D eigenvalue weighted by atomic mass is 35.5. The molecule has 1 saturated heterocycles. The summed E-state index contributed by atoms with van der Waals surface area (Å²) in [5, 5.41) is 1.62. The number of thiazole rings is 1. The summed E-state index contributed by atoms with van der Waals surface area (Å²) in [4.78, 5) is 15.8. The van der Waals surface area contributed by atoms with Crippen molar-refractivity contribution in [2.45, 2.75) is 18.8 Å². The van der Waals surface area contributed by atoms with Gasteiger partial charge in [-0.2, -0.15) is 4.98 Å². The Kier molecular flexibility index (Phi) is 3.68. The summed E-state index contributed by atoms with van der Waals surface area (Å²) in [5.41, 5.74) is 1.92. The molecule has 4 nitrogen and oxygen atoms in total. The number of piperidine rings is 1. The number of rotatable bonds is 2. The van der Waals surface area contributed by atoms with Crippen LogP contribution < -0.4 is 4.90 Å². The number of anilines is 1. The van der Waals surface area contributed by atoms with Crippen LogP contribution in [0.1, 0.15) is 24.5 Å². The molecule has 0 aromatic carbocycles. The van der Waals surface area contributed by atoms with Gasteiger partial charge in [-0.3, -0.25) is 0 Å². The third-order valence-electron chi connectivity index (χ3n) is 4.00. The maximum atomic E-state index is 6.03. The average Bonchev–Trinajstić information content (AvgIpc) is 2.99. The number of aromatic nitrogens is 3. The Bertz CT molecular complexity index is 770. The van der Waals surface area contributed by atoms with Crippen molar-refractivity contribution < 1.29 is 0 Å². The zero-order valence-electron chi connectivity index (χ0n) is 11.9. The third-order valence-corrected chi connectivity index (χ3v) is 5.28. The van der Waals surface area contributed by atoms with Crippen molar-refractivity contribution in [3.05, 3.63) is 47.4 Å². The molecule has 22 heavy (non-hydrogen) atoms. The maximum Gasteiger partial charge on any atom is 0.188 e. The predicted molar refractivity (Wildman–Crippen MR) is 90.9 cm³/mol. The lowest BCUT2D eigenvalue weighted by molar-refractivity contribution is 0.501. The van der Waals surface area contributed by atoms with E-state index in [9.17, 15) is 0 Å². The van der Waals surface area contributed by atoms with Crippen molar-refractivity contribution in [1.82, 2.24) is 15.0 Å². The van der Waals surface area contributed by atoms with Crippen molar-refractivity contribution >= 4 is 38.4 Å². The molecule has 0 N–H and O–H groups in total. The molecule has 0 amide bonds. The molecule has 4 heterocycles. The van der Waals surface area contributed by atoms with Crippen LogP contribution in [-0.2, 0) is 0 Å². The van der Waals surface area contributed by atoms with E-state index in [0.29, 0.717) is 11.1 Å². The van der Waals surface area contributed by atoms with Gasteiger partial charge in [-0.25, -0.2) is 9.97 Å². The Balaban J connectivity index is 1.60. The fourth-order valence-corrected chi connectivity index (χ4v) is 4.07. The second kappa shape index (κ2) is 5.82. The molecular formula is C16H15ClN4S. The highest BCUT2D eigenvalue weighted by molar-refractivity contribution is 7.22. The Labute approximate surface area is 137 Å². The Hall–Kier alpha value is -1.72. The van der Waals surface area contributed by atoms with E-state index >= 15 is 0 Å². The fraction of sp³-hybridized carbons (Fsp3) is 0.312. The van der Waals surface area contributed by atoms with Crippen molar-refractivity contribution in [3.63, 3.8) is 0 Å². The Morgan fingerprint density at radius 3 is 3.00 bits per heavy atom. The molecule has 1 aliphatic heterocycles. The number of halogens is 1. The minimum atomic E-state index is 0.410. The number of hydrogen-bond donors (Lipinski definition) is 0. The molecule has 3 aromatic rings. The van der Waals surface area contributed by atoms with Crippen LogP contribution in [-0.4, -0.2) is 28.0 Å². The molecule has 0 saturated carbocycles. The van der Waals surface area contributed by atoms with Crippen LogP contribution in [0.25, 0.3) is 10.3 Å². The molecule has 0 radical (unpaired) electrons. The van der Waals surface area contributed by atoms with Crippen molar-refractivity contribution in [1.29, 1.82) is 0 Å². The van der Waals surface area contributed by atoms with Gasteiger partial charge >= 0.3 is 0 Å². The summed E-state index contributed by atoms with van der Waals surface area (Å²) in [6.45, 7) is 1.98. The van der Waals surface area contributed by atoms with E-state index in [2.05, 4.69) is 32.0 Å². The highest BCUT2D eigenvalue weighted by Crippen LogP contribution is 2.33. The van der Waals surface area contributed by atoms with E-state index in [0.717, 1.165) is 47.1 Å². The summed E-state index contributed by atoms with van der Waals surface area (Å²) in [6, 6.07) is 9.90. The molecule has 112 valence electrons. The van der Waals surface area contributed by atoms with Gasteiger partial charge in [0, 0.05) is 30.9 Å². The van der Waals surface area contributed by atoms with E-state index in [1.54, 1.807) is 17.5 Å². The maximum absolute atomic E-state index is 6.03. The van der Waals surface area contributed by atoms with Gasteiger partial charge in [0.05, 0.1) is 4.70 Å². The van der Waals surface area contributed by atoms with E-state index in [1.165, 1.54) is 0 Å². The van der Waals surface area contributed by atoms with E-state index in [1.807, 2.05) is 18.2 Å². The van der Waals surface area contributed by atoms with E-state index in [-0.39, 0.29) is 0 Å². The van der Waals surface area contributed by atoms with Gasteiger partial charge < -0.3 is 4.90 Å². The smallest absolute Gasteiger partial charge is 0.188 e. The van der Waals surface area contributed by atoms with Crippen LogP contribution in [0.2, 0.25) is 5.15 Å². The summed E-state index contributed by atoms with van der Waals surface area (Å²) < 4.78 is 1.14. The van der Waals surface area contributed by atoms with Gasteiger partial charge in [-0.05, 0) is 37.1 Å². The lowest BCUT2D eigenvalue weighted by Crippen LogP contribution is -2.34. The zero-order chi connectivity index (χ0) is 14.9. The summed E-state index contributed by atoms with van der Waals surface area (Å²) in [5.74, 6) is 0.410. The Morgan fingerprint density at radius 1 is 1.18 bits per heavy atom. The third kappa shape index (κ3) is 2.66. The van der Waals surface area contributed by atoms with Gasteiger partial charge in [0.2, 0.25) is 0 Å². The lowest BCUT2D eigenvalue weighted by atomic mass is 9.94.